The van der Waals surface area contributed by atoms with Crippen LogP contribution in [-0.4, -0.2) is 10.7 Å². The second kappa shape index (κ2) is 7.31. The van der Waals surface area contributed by atoms with Crippen molar-refractivity contribution in [1.82, 2.24) is 0 Å². The molecule has 0 radical (unpaired) electrons. The molecule has 0 spiro atoms. The first-order chi connectivity index (χ1) is 3.27. The second-order valence-electron chi connectivity index (χ2n) is 1.99. The van der Waals surface area contributed by atoms with Crippen LogP contribution in [0.15, 0.2) is 0 Å². The van der Waals surface area contributed by atoms with Crippen LogP contribution in [0.2, 0.25) is 0 Å². The fourth-order valence-corrected chi connectivity index (χ4v) is 0.682. The minimum Gasteiger partial charge on any atom is -0.412 e. The Kier molecular flexibility index (Phi) is 10.2. The molecule has 0 aromatic heterocycles. The Morgan fingerprint density at radius 2 is 2.00 bits per heavy atom. The molecule has 8 heavy (non-hydrogen) atoms. The molecule has 0 heterocycles. The van der Waals surface area contributed by atoms with Gasteiger partial charge in [-0.1, -0.05) is 26.7 Å². The smallest absolute Gasteiger partial charge is 0.00116 e. The van der Waals surface area contributed by atoms with Crippen molar-refractivity contribution in [1.29, 1.82) is 0 Å². The van der Waals surface area contributed by atoms with Crippen LogP contribution in [-0.2, 0) is 0 Å². The summed E-state index contributed by atoms with van der Waals surface area (Å²) in [6.07, 6.45) is 3.88. The Bertz CT molecular complexity index is 37.5. The zero-order valence-corrected chi connectivity index (χ0v) is 6.54. The highest BCUT2D eigenvalue weighted by molar-refractivity contribution is 7.80. The molecule has 0 aliphatic carbocycles. The van der Waals surface area contributed by atoms with E-state index in [2.05, 4.69) is 26.5 Å². The van der Waals surface area contributed by atoms with Crippen molar-refractivity contribution in [2.75, 3.05) is 0 Å². The lowest BCUT2D eigenvalue weighted by Crippen LogP contribution is -1.87. The van der Waals surface area contributed by atoms with Crippen molar-refractivity contribution in [3.63, 3.8) is 0 Å². The lowest BCUT2D eigenvalue weighted by molar-refractivity contribution is 0.716. The normalized spacial score (nSPS) is 12.4. The van der Waals surface area contributed by atoms with Crippen molar-refractivity contribution in [2.24, 2.45) is 0 Å². The van der Waals surface area contributed by atoms with Crippen molar-refractivity contribution in [3.8, 4) is 0 Å². The minimum absolute atomic E-state index is 0. The molecule has 0 fully saturated rings. The lowest BCUT2D eigenvalue weighted by atomic mass is 10.2. The maximum absolute atomic E-state index is 4.23. The molecule has 1 unspecified atom stereocenters. The average Bonchev–Trinajstić information content (AvgIpc) is 1.61. The summed E-state index contributed by atoms with van der Waals surface area (Å²) in [7, 11) is 0. The highest BCUT2D eigenvalue weighted by Gasteiger charge is 1.89. The molecule has 0 amide bonds. The molecule has 0 aliphatic rings. The number of hydrogen-bond donors (Lipinski definition) is 1. The van der Waals surface area contributed by atoms with E-state index in [0.29, 0.717) is 5.25 Å². The van der Waals surface area contributed by atoms with E-state index in [-0.39, 0.29) is 5.48 Å². The Labute approximate surface area is 57.2 Å². The van der Waals surface area contributed by atoms with Gasteiger partial charge in [-0.15, -0.1) is 0 Å². The highest BCUT2D eigenvalue weighted by atomic mass is 32.1. The van der Waals surface area contributed by atoms with Gasteiger partial charge >= 0.3 is 0 Å². The molecule has 1 nitrogen and oxygen atoms in total. The Morgan fingerprint density at radius 1 is 1.50 bits per heavy atom. The van der Waals surface area contributed by atoms with E-state index in [1.807, 2.05) is 0 Å². The molecule has 2 N–H and O–H groups in total. The quantitative estimate of drug-likeness (QED) is 0.572. The van der Waals surface area contributed by atoms with Crippen LogP contribution in [0.5, 0.6) is 0 Å². The summed E-state index contributed by atoms with van der Waals surface area (Å²) in [4.78, 5) is 0. The number of thiol groups is 1. The van der Waals surface area contributed by atoms with Gasteiger partial charge in [0.05, 0.1) is 0 Å². The summed E-state index contributed by atoms with van der Waals surface area (Å²) in [5.41, 5.74) is 0. The van der Waals surface area contributed by atoms with Gasteiger partial charge in [0, 0.05) is 0 Å². The summed E-state index contributed by atoms with van der Waals surface area (Å²) in [6, 6.07) is 0. The Morgan fingerprint density at radius 3 is 2.12 bits per heavy atom. The SMILES string of the molecule is CCCCC(C)S.O. The molecule has 1 atom stereocenters. The fraction of sp³-hybridized carbons (Fsp3) is 1.00. The molecule has 0 aromatic rings. The summed E-state index contributed by atoms with van der Waals surface area (Å²) < 4.78 is 0. The first-order valence-corrected chi connectivity index (χ1v) is 3.47. The van der Waals surface area contributed by atoms with Crippen LogP contribution in [0.25, 0.3) is 0 Å². The zero-order chi connectivity index (χ0) is 5.70. The van der Waals surface area contributed by atoms with Gasteiger partial charge in [-0.05, 0) is 11.7 Å². The number of rotatable bonds is 3. The van der Waals surface area contributed by atoms with Gasteiger partial charge in [0.15, 0.2) is 0 Å². The van der Waals surface area contributed by atoms with Gasteiger partial charge in [0.1, 0.15) is 0 Å². The van der Waals surface area contributed by atoms with Crippen LogP contribution in [0, 0.1) is 0 Å². The number of unbranched alkanes of at least 4 members (excludes halogenated alkanes) is 1. The van der Waals surface area contributed by atoms with Crippen molar-refractivity contribution in [3.05, 3.63) is 0 Å². The Hall–Kier alpha value is 0.310. The molecular formula is C6H16OS. The maximum Gasteiger partial charge on any atom is -0.00116 e. The third-order valence-corrected chi connectivity index (χ3v) is 1.23. The van der Waals surface area contributed by atoms with Gasteiger partial charge in [0.2, 0.25) is 0 Å². The molecule has 0 rings (SSSR count). The molecule has 0 bridgehead atoms. The zero-order valence-electron chi connectivity index (χ0n) is 5.65. The minimum atomic E-state index is 0. The molecule has 0 saturated carbocycles. The van der Waals surface area contributed by atoms with Crippen molar-refractivity contribution >= 4 is 12.6 Å². The number of hydrogen-bond acceptors (Lipinski definition) is 1. The van der Waals surface area contributed by atoms with Gasteiger partial charge in [-0.2, -0.15) is 12.6 Å². The standard InChI is InChI=1S/C6H14S.H2O/c1-3-4-5-6(2)7;/h6-7H,3-5H2,1-2H3;1H2. The first kappa shape index (κ1) is 11.2. The predicted octanol–water partition coefficient (Wildman–Crippen LogP) is 1.67. The molecule has 0 aromatic carbocycles. The van der Waals surface area contributed by atoms with Gasteiger partial charge in [0.25, 0.3) is 0 Å². The van der Waals surface area contributed by atoms with Crippen LogP contribution in [0.1, 0.15) is 33.1 Å². The molecule has 2 heteroatoms. The fourth-order valence-electron chi connectivity index (χ4n) is 0.500. The topological polar surface area (TPSA) is 31.5 Å². The van der Waals surface area contributed by atoms with Crippen LogP contribution in [0.4, 0.5) is 0 Å². The molecule has 0 saturated heterocycles. The van der Waals surface area contributed by atoms with Crippen LogP contribution >= 0.6 is 12.6 Å². The van der Waals surface area contributed by atoms with Gasteiger partial charge < -0.3 is 5.48 Å². The lowest BCUT2D eigenvalue weighted by Gasteiger charge is -1.98. The van der Waals surface area contributed by atoms with E-state index in [1.54, 1.807) is 0 Å². The highest BCUT2D eigenvalue weighted by Crippen LogP contribution is 2.03. The van der Waals surface area contributed by atoms with E-state index in [0.717, 1.165) is 0 Å². The van der Waals surface area contributed by atoms with E-state index >= 15 is 0 Å². The van der Waals surface area contributed by atoms with E-state index in [4.69, 9.17) is 0 Å². The van der Waals surface area contributed by atoms with Crippen molar-refractivity contribution < 1.29 is 5.48 Å². The van der Waals surface area contributed by atoms with Crippen molar-refractivity contribution in [2.45, 2.75) is 38.4 Å². The van der Waals surface area contributed by atoms with E-state index in [9.17, 15) is 0 Å². The predicted molar refractivity (Wildman–Crippen MR) is 41.6 cm³/mol. The summed E-state index contributed by atoms with van der Waals surface area (Å²) in [5.74, 6) is 0. The summed E-state index contributed by atoms with van der Waals surface area (Å²) in [5, 5.41) is 0.597. The summed E-state index contributed by atoms with van der Waals surface area (Å²) >= 11 is 4.23. The molecule has 52 valence electrons. The molecular weight excluding hydrogens is 120 g/mol. The average molecular weight is 136 g/mol. The first-order valence-electron chi connectivity index (χ1n) is 2.95. The van der Waals surface area contributed by atoms with Crippen LogP contribution in [0.3, 0.4) is 0 Å². The van der Waals surface area contributed by atoms with Gasteiger partial charge in [-0.25, -0.2) is 0 Å². The van der Waals surface area contributed by atoms with Gasteiger partial charge in [-0.3, -0.25) is 0 Å². The van der Waals surface area contributed by atoms with E-state index < -0.39 is 0 Å². The third kappa shape index (κ3) is 9.58. The monoisotopic (exact) mass is 136 g/mol. The van der Waals surface area contributed by atoms with Crippen LogP contribution < -0.4 is 0 Å². The molecule has 0 aliphatic heterocycles. The maximum atomic E-state index is 4.23. The second-order valence-corrected chi connectivity index (χ2v) is 2.87. The Balaban J connectivity index is 0. The van der Waals surface area contributed by atoms with E-state index in [1.165, 1.54) is 19.3 Å². The summed E-state index contributed by atoms with van der Waals surface area (Å²) in [6.45, 7) is 4.34. The largest absolute Gasteiger partial charge is 0.412 e. The third-order valence-electron chi connectivity index (χ3n) is 0.975.